The molecule has 1 unspecified atom stereocenters. The maximum Gasteiger partial charge on any atom is 0.262 e. The quantitative estimate of drug-likeness (QED) is 0.268. The first-order valence-corrected chi connectivity index (χ1v) is 19.2. The molecule has 3 fully saturated rings. The van der Waals surface area contributed by atoms with E-state index in [4.69, 9.17) is 27.9 Å². The molecule has 3 aromatic carbocycles. The topological polar surface area (TPSA) is 97.5 Å². The van der Waals surface area contributed by atoms with Crippen molar-refractivity contribution in [2.45, 2.75) is 63.8 Å². The molecular weight excluding hydrogens is 699 g/mol. The first-order chi connectivity index (χ1) is 25.0. The van der Waals surface area contributed by atoms with Gasteiger partial charge in [0.05, 0.1) is 25.2 Å². The number of benzene rings is 3. The Bertz CT molecular complexity index is 1670. The SMILES string of the molecule is CCOc1cc(C(=O)N2CCCCC2)ccc1C1(C(=O)N2CCN(CC(=O)N(C)C(C)C)CC2)N[C@H](c2ccc(Cl)cc2)[C@H](c2ccc(Cl)cc2)N1. The number of halogens is 2. The molecule has 3 heterocycles. The summed E-state index contributed by atoms with van der Waals surface area (Å²) in [5.41, 5.74) is 1.57. The summed E-state index contributed by atoms with van der Waals surface area (Å²) in [5, 5.41) is 8.77. The third-order valence-corrected chi connectivity index (χ3v) is 11.1. The number of carbonyl (C=O) groups is 3. The Morgan fingerprint density at radius 3 is 1.88 bits per heavy atom. The molecule has 3 aromatic rings. The van der Waals surface area contributed by atoms with Crippen LogP contribution >= 0.6 is 23.2 Å². The molecule has 10 nitrogen and oxygen atoms in total. The zero-order chi connectivity index (χ0) is 37.0. The molecule has 3 atom stereocenters. The van der Waals surface area contributed by atoms with Gasteiger partial charge in [0.15, 0.2) is 5.66 Å². The van der Waals surface area contributed by atoms with Crippen LogP contribution in [-0.4, -0.2) is 103 Å². The molecular formula is C40H50Cl2N6O4. The fourth-order valence-electron chi connectivity index (χ4n) is 7.42. The standard InChI is InChI=1S/C40H50Cl2N6O4/c1-5-52-34-25-30(38(50)47-19-7-6-8-20-47)13-18-33(34)40(39(51)48-23-21-46(22-24-48)26-35(49)45(4)27(2)3)43-36(28-9-14-31(41)15-10-28)37(44-40)29-11-16-32(42)17-12-29/h9-18,25,27,36-37,43-44H,5-8,19-24,26H2,1-4H3/t36-,37+,40?. The minimum atomic E-state index is -1.44. The number of hydrogen-bond acceptors (Lipinski definition) is 7. The third kappa shape index (κ3) is 8.11. The van der Waals surface area contributed by atoms with E-state index in [2.05, 4.69) is 15.5 Å². The van der Waals surface area contributed by atoms with Crippen LogP contribution in [0.15, 0.2) is 66.7 Å². The van der Waals surface area contributed by atoms with Crippen LogP contribution in [0.25, 0.3) is 0 Å². The van der Waals surface area contributed by atoms with Crippen LogP contribution in [0.5, 0.6) is 5.75 Å². The zero-order valence-corrected chi connectivity index (χ0v) is 32.1. The molecule has 3 amide bonds. The Morgan fingerprint density at radius 1 is 0.808 bits per heavy atom. The van der Waals surface area contributed by atoms with Crippen molar-refractivity contribution >= 4 is 40.9 Å². The lowest BCUT2D eigenvalue weighted by Gasteiger charge is -2.41. The largest absolute Gasteiger partial charge is 0.493 e. The van der Waals surface area contributed by atoms with Crippen molar-refractivity contribution in [2.75, 3.05) is 59.5 Å². The van der Waals surface area contributed by atoms with Gasteiger partial charge in [-0.3, -0.25) is 29.9 Å². The van der Waals surface area contributed by atoms with Crippen LogP contribution in [-0.2, 0) is 15.3 Å². The number of rotatable bonds is 10. The number of carbonyl (C=O) groups excluding carboxylic acids is 3. The molecule has 0 aromatic heterocycles. The monoisotopic (exact) mass is 748 g/mol. The van der Waals surface area contributed by atoms with Crippen molar-refractivity contribution in [3.8, 4) is 5.75 Å². The van der Waals surface area contributed by atoms with Gasteiger partial charge in [-0.25, -0.2) is 0 Å². The summed E-state index contributed by atoms with van der Waals surface area (Å²) in [6, 6.07) is 20.1. The van der Waals surface area contributed by atoms with Crippen molar-refractivity contribution in [1.82, 2.24) is 30.2 Å². The predicted molar refractivity (Wildman–Crippen MR) is 205 cm³/mol. The number of likely N-dealkylation sites (N-methyl/N-ethyl adjacent to an activating group) is 1. The van der Waals surface area contributed by atoms with E-state index < -0.39 is 5.66 Å². The van der Waals surface area contributed by atoms with Gasteiger partial charge in [0, 0.05) is 73.5 Å². The van der Waals surface area contributed by atoms with Crippen molar-refractivity contribution in [1.29, 1.82) is 0 Å². The highest BCUT2D eigenvalue weighted by molar-refractivity contribution is 6.30. The number of amides is 3. The van der Waals surface area contributed by atoms with E-state index in [1.165, 1.54) is 0 Å². The number of piperidine rings is 1. The summed E-state index contributed by atoms with van der Waals surface area (Å²) in [5.74, 6) is 0.324. The van der Waals surface area contributed by atoms with Crippen molar-refractivity contribution in [3.05, 3.63) is 99.0 Å². The number of likely N-dealkylation sites (tertiary alicyclic amines) is 1. The van der Waals surface area contributed by atoms with Crippen LogP contribution in [0.3, 0.4) is 0 Å². The highest BCUT2D eigenvalue weighted by atomic mass is 35.5. The van der Waals surface area contributed by atoms with Crippen LogP contribution in [0.4, 0.5) is 0 Å². The normalized spacial score (nSPS) is 22.4. The maximum absolute atomic E-state index is 15.3. The first-order valence-electron chi connectivity index (χ1n) is 18.4. The van der Waals surface area contributed by atoms with Gasteiger partial charge in [0.25, 0.3) is 11.8 Å². The van der Waals surface area contributed by atoms with Crippen molar-refractivity contribution in [2.24, 2.45) is 0 Å². The Hall–Kier alpha value is -3.67. The summed E-state index contributed by atoms with van der Waals surface area (Å²) in [4.78, 5) is 49.5. The molecule has 0 saturated carbocycles. The van der Waals surface area contributed by atoms with Gasteiger partial charge in [-0.1, -0.05) is 53.5 Å². The molecule has 0 bridgehead atoms. The summed E-state index contributed by atoms with van der Waals surface area (Å²) < 4.78 is 6.30. The van der Waals surface area contributed by atoms with E-state index >= 15 is 4.79 Å². The second-order valence-corrected chi connectivity index (χ2v) is 15.1. The van der Waals surface area contributed by atoms with Gasteiger partial charge in [-0.05, 0) is 87.6 Å². The molecule has 3 saturated heterocycles. The Kier molecular flexibility index (Phi) is 12.1. The van der Waals surface area contributed by atoms with Crippen LogP contribution < -0.4 is 15.4 Å². The third-order valence-electron chi connectivity index (χ3n) is 10.6. The van der Waals surface area contributed by atoms with E-state index in [9.17, 15) is 9.59 Å². The molecule has 3 aliphatic heterocycles. The van der Waals surface area contributed by atoms with E-state index in [0.717, 1.165) is 43.5 Å². The average molecular weight is 750 g/mol. The van der Waals surface area contributed by atoms with Gasteiger partial charge in [-0.2, -0.15) is 0 Å². The fraction of sp³-hybridized carbons (Fsp3) is 0.475. The summed E-state index contributed by atoms with van der Waals surface area (Å²) in [7, 11) is 1.82. The van der Waals surface area contributed by atoms with Crippen LogP contribution in [0.2, 0.25) is 10.0 Å². The summed E-state index contributed by atoms with van der Waals surface area (Å²) in [6.07, 6.45) is 3.10. The number of nitrogens with zero attached hydrogens (tertiary/aromatic N) is 4. The number of piperazine rings is 1. The smallest absolute Gasteiger partial charge is 0.262 e. The van der Waals surface area contributed by atoms with Crippen molar-refractivity contribution in [3.63, 3.8) is 0 Å². The van der Waals surface area contributed by atoms with Gasteiger partial charge < -0.3 is 19.4 Å². The minimum Gasteiger partial charge on any atom is -0.493 e. The molecule has 3 aliphatic rings. The van der Waals surface area contributed by atoms with E-state index in [1.54, 1.807) is 11.0 Å². The molecule has 6 rings (SSSR count). The van der Waals surface area contributed by atoms with E-state index in [-0.39, 0.29) is 35.8 Å². The molecule has 0 aliphatic carbocycles. The lowest BCUT2D eigenvalue weighted by atomic mass is 9.94. The van der Waals surface area contributed by atoms with Gasteiger partial charge >= 0.3 is 0 Å². The highest BCUT2D eigenvalue weighted by Crippen LogP contribution is 2.45. The van der Waals surface area contributed by atoms with Gasteiger partial charge in [-0.15, -0.1) is 0 Å². The van der Waals surface area contributed by atoms with Gasteiger partial charge in [0.2, 0.25) is 5.91 Å². The van der Waals surface area contributed by atoms with E-state index in [0.29, 0.717) is 66.3 Å². The molecule has 12 heteroatoms. The molecule has 0 radical (unpaired) electrons. The Labute approximate surface area is 317 Å². The maximum atomic E-state index is 15.3. The average Bonchev–Trinajstić information content (AvgIpc) is 3.57. The predicted octanol–water partition coefficient (Wildman–Crippen LogP) is 5.86. The molecule has 0 spiro atoms. The molecule has 278 valence electrons. The van der Waals surface area contributed by atoms with Crippen LogP contribution in [0.1, 0.15) is 79.2 Å². The second-order valence-electron chi connectivity index (χ2n) is 14.3. The highest BCUT2D eigenvalue weighted by Gasteiger charge is 2.54. The van der Waals surface area contributed by atoms with E-state index in [1.807, 2.05) is 98.3 Å². The van der Waals surface area contributed by atoms with Crippen molar-refractivity contribution < 1.29 is 19.1 Å². The summed E-state index contributed by atoms with van der Waals surface area (Å²) in [6.45, 7) is 9.99. The number of ether oxygens (including phenoxy) is 1. The fourth-order valence-corrected chi connectivity index (χ4v) is 7.67. The van der Waals surface area contributed by atoms with Gasteiger partial charge in [0.1, 0.15) is 5.75 Å². The lowest BCUT2D eigenvalue weighted by molar-refractivity contribution is -0.142. The Balaban J connectivity index is 1.40. The molecule has 2 N–H and O–H groups in total. The zero-order valence-electron chi connectivity index (χ0n) is 30.5. The Morgan fingerprint density at radius 2 is 1.37 bits per heavy atom. The summed E-state index contributed by atoms with van der Waals surface area (Å²) >= 11 is 12.7. The number of nitrogens with one attached hydrogen (secondary N) is 2. The number of hydrogen-bond donors (Lipinski definition) is 2. The van der Waals surface area contributed by atoms with Crippen LogP contribution in [0, 0.1) is 0 Å². The second kappa shape index (κ2) is 16.6. The molecule has 52 heavy (non-hydrogen) atoms. The first kappa shape index (κ1) is 38.1. The lowest BCUT2D eigenvalue weighted by Crippen LogP contribution is -2.62. The minimum absolute atomic E-state index is 0.0354.